The van der Waals surface area contributed by atoms with Gasteiger partial charge < -0.3 is 25.5 Å². The molecule has 7 heteroatoms. The largest absolute Gasteiger partial charge is 0.490 e. The van der Waals surface area contributed by atoms with Crippen LogP contribution in [0.2, 0.25) is 0 Å². The van der Waals surface area contributed by atoms with Crippen LogP contribution in [0.15, 0.2) is 72.9 Å². The maximum Gasteiger partial charge on any atom is 0.255 e. The zero-order valence-electron chi connectivity index (χ0n) is 20.7. The van der Waals surface area contributed by atoms with Crippen molar-refractivity contribution in [2.45, 2.75) is 32.4 Å². The van der Waals surface area contributed by atoms with Crippen molar-refractivity contribution in [3.05, 3.63) is 89.6 Å². The third-order valence-corrected chi connectivity index (χ3v) is 5.99. The van der Waals surface area contributed by atoms with E-state index in [0.717, 1.165) is 27.6 Å². The monoisotopic (exact) mass is 485 g/mol. The number of hydrogen-bond donors (Lipinski definition) is 4. The molecule has 0 fully saturated rings. The van der Waals surface area contributed by atoms with Crippen LogP contribution >= 0.6 is 0 Å². The lowest BCUT2D eigenvalue weighted by Gasteiger charge is -2.19. The highest BCUT2D eigenvalue weighted by Crippen LogP contribution is 2.28. The van der Waals surface area contributed by atoms with E-state index >= 15 is 0 Å². The molecule has 0 aliphatic heterocycles. The van der Waals surface area contributed by atoms with Gasteiger partial charge in [0, 0.05) is 29.7 Å². The molecule has 1 heterocycles. The standard InChI is InChI=1S/C29H31N3O4/c1-18(2)36-27-13-12-21(19-8-10-20(11-9-19)28(34)30-3)15-25(27)29(35)32-23(17-33)14-22-16-31-26-7-5-4-6-24(22)26/h4-13,15-16,18,23,31,33H,14,17H2,1-3H3,(H,30,34)(H,32,35)/t23-/m1/s1. The Kier molecular flexibility index (Phi) is 7.71. The first-order valence-corrected chi connectivity index (χ1v) is 12.0. The summed E-state index contributed by atoms with van der Waals surface area (Å²) in [6, 6.07) is 20.1. The van der Waals surface area contributed by atoms with Crippen molar-refractivity contribution in [1.29, 1.82) is 0 Å². The van der Waals surface area contributed by atoms with Crippen LogP contribution in [-0.2, 0) is 6.42 Å². The first-order chi connectivity index (χ1) is 17.4. The Hall–Kier alpha value is -4.10. The summed E-state index contributed by atoms with van der Waals surface area (Å²) < 4.78 is 5.92. The lowest BCUT2D eigenvalue weighted by molar-refractivity contribution is 0.0909. The Morgan fingerprint density at radius 2 is 1.69 bits per heavy atom. The van der Waals surface area contributed by atoms with Gasteiger partial charge in [-0.2, -0.15) is 0 Å². The molecular formula is C29H31N3O4. The quantitative estimate of drug-likeness (QED) is 0.284. The summed E-state index contributed by atoms with van der Waals surface area (Å²) in [5, 5.41) is 16.7. The number of H-pyrrole nitrogens is 1. The SMILES string of the molecule is CNC(=O)c1ccc(-c2ccc(OC(C)C)c(C(=O)N[C@@H](CO)Cc3c[nH]c4ccccc34)c2)cc1. The molecule has 4 aromatic rings. The van der Waals surface area contributed by atoms with Crippen molar-refractivity contribution in [2.24, 2.45) is 0 Å². The van der Waals surface area contributed by atoms with Gasteiger partial charge in [-0.25, -0.2) is 0 Å². The van der Waals surface area contributed by atoms with Crippen LogP contribution in [0, 0.1) is 0 Å². The second kappa shape index (κ2) is 11.1. The van der Waals surface area contributed by atoms with Gasteiger partial charge in [-0.15, -0.1) is 0 Å². The molecule has 0 radical (unpaired) electrons. The van der Waals surface area contributed by atoms with Crippen molar-refractivity contribution in [2.75, 3.05) is 13.7 Å². The minimum Gasteiger partial charge on any atom is -0.490 e. The molecule has 36 heavy (non-hydrogen) atoms. The van der Waals surface area contributed by atoms with Gasteiger partial charge in [0.25, 0.3) is 11.8 Å². The number of carbonyl (C=O) groups excluding carboxylic acids is 2. The lowest BCUT2D eigenvalue weighted by Crippen LogP contribution is -2.39. The van der Waals surface area contributed by atoms with E-state index < -0.39 is 6.04 Å². The van der Waals surface area contributed by atoms with E-state index in [2.05, 4.69) is 15.6 Å². The van der Waals surface area contributed by atoms with Crippen LogP contribution in [0.3, 0.4) is 0 Å². The van der Waals surface area contributed by atoms with Gasteiger partial charge in [0.1, 0.15) is 5.75 Å². The highest BCUT2D eigenvalue weighted by atomic mass is 16.5. The number of benzene rings is 3. The molecule has 186 valence electrons. The summed E-state index contributed by atoms with van der Waals surface area (Å²) in [4.78, 5) is 28.5. The maximum absolute atomic E-state index is 13.4. The van der Waals surface area contributed by atoms with E-state index in [1.807, 2.05) is 62.5 Å². The van der Waals surface area contributed by atoms with Crippen molar-refractivity contribution in [3.8, 4) is 16.9 Å². The summed E-state index contributed by atoms with van der Waals surface area (Å²) >= 11 is 0. The Morgan fingerprint density at radius 1 is 0.972 bits per heavy atom. The average molecular weight is 486 g/mol. The normalized spacial score (nSPS) is 11.9. The van der Waals surface area contributed by atoms with Gasteiger partial charge in [0.15, 0.2) is 0 Å². The fourth-order valence-electron chi connectivity index (χ4n) is 4.19. The Labute approximate surface area is 210 Å². The zero-order chi connectivity index (χ0) is 25.7. The molecule has 1 aromatic heterocycles. The summed E-state index contributed by atoms with van der Waals surface area (Å²) in [6.45, 7) is 3.60. The summed E-state index contributed by atoms with van der Waals surface area (Å²) in [7, 11) is 1.59. The van der Waals surface area contributed by atoms with Crippen LogP contribution < -0.4 is 15.4 Å². The van der Waals surface area contributed by atoms with Gasteiger partial charge in [-0.1, -0.05) is 36.4 Å². The van der Waals surface area contributed by atoms with E-state index in [-0.39, 0.29) is 24.5 Å². The molecule has 0 bridgehead atoms. The van der Waals surface area contributed by atoms with Crippen molar-refractivity contribution in [3.63, 3.8) is 0 Å². The van der Waals surface area contributed by atoms with Gasteiger partial charge in [0.2, 0.25) is 0 Å². The minimum atomic E-state index is -0.473. The molecule has 7 nitrogen and oxygen atoms in total. The number of aromatic amines is 1. The molecule has 3 aromatic carbocycles. The molecule has 4 N–H and O–H groups in total. The number of hydrogen-bond acceptors (Lipinski definition) is 4. The van der Waals surface area contributed by atoms with Crippen molar-refractivity contribution >= 4 is 22.7 Å². The lowest BCUT2D eigenvalue weighted by atomic mass is 10.00. The summed E-state index contributed by atoms with van der Waals surface area (Å²) in [6.07, 6.45) is 2.28. The summed E-state index contributed by atoms with van der Waals surface area (Å²) in [5.74, 6) is -0.0158. The number of aromatic nitrogens is 1. The van der Waals surface area contributed by atoms with E-state index in [1.165, 1.54) is 0 Å². The number of nitrogens with one attached hydrogen (secondary N) is 3. The van der Waals surface area contributed by atoms with Gasteiger partial charge in [-0.05, 0) is 67.3 Å². The predicted octanol–water partition coefficient (Wildman–Crippen LogP) is 4.32. The fraction of sp³-hybridized carbons (Fsp3) is 0.241. The van der Waals surface area contributed by atoms with Crippen LogP contribution in [0.4, 0.5) is 0 Å². The first-order valence-electron chi connectivity index (χ1n) is 12.0. The van der Waals surface area contributed by atoms with Crippen molar-refractivity contribution in [1.82, 2.24) is 15.6 Å². The number of para-hydroxylation sites is 1. The molecular weight excluding hydrogens is 454 g/mol. The third-order valence-electron chi connectivity index (χ3n) is 5.99. The van der Waals surface area contributed by atoms with Crippen LogP contribution in [0.5, 0.6) is 5.75 Å². The number of fused-ring (bicyclic) bond motifs is 1. The number of rotatable bonds is 9. The molecule has 1 atom stereocenters. The number of ether oxygens (including phenoxy) is 1. The highest BCUT2D eigenvalue weighted by molar-refractivity contribution is 5.99. The fourth-order valence-corrected chi connectivity index (χ4v) is 4.19. The topological polar surface area (TPSA) is 103 Å². The number of amides is 2. The van der Waals surface area contributed by atoms with E-state index in [0.29, 0.717) is 23.3 Å². The van der Waals surface area contributed by atoms with Gasteiger partial charge in [0.05, 0.1) is 24.3 Å². The third kappa shape index (κ3) is 5.58. The Bertz CT molecular complexity index is 1360. The predicted molar refractivity (Wildman–Crippen MR) is 141 cm³/mol. The van der Waals surface area contributed by atoms with E-state index in [1.54, 1.807) is 31.3 Å². The molecule has 0 unspecified atom stereocenters. The van der Waals surface area contributed by atoms with E-state index in [9.17, 15) is 14.7 Å². The Morgan fingerprint density at radius 3 is 2.39 bits per heavy atom. The number of aliphatic hydroxyl groups is 1. The average Bonchev–Trinajstić information content (AvgIpc) is 3.30. The zero-order valence-corrected chi connectivity index (χ0v) is 20.7. The molecule has 0 aliphatic carbocycles. The summed E-state index contributed by atoms with van der Waals surface area (Å²) in [5.41, 5.74) is 4.66. The van der Waals surface area contributed by atoms with Gasteiger partial charge in [-0.3, -0.25) is 9.59 Å². The smallest absolute Gasteiger partial charge is 0.255 e. The second-order valence-electron chi connectivity index (χ2n) is 8.95. The second-order valence-corrected chi connectivity index (χ2v) is 8.95. The number of carbonyl (C=O) groups is 2. The Balaban J connectivity index is 1.59. The molecule has 0 aliphatic rings. The molecule has 0 saturated carbocycles. The molecule has 4 rings (SSSR count). The van der Waals surface area contributed by atoms with Crippen LogP contribution in [0.25, 0.3) is 22.0 Å². The number of aliphatic hydroxyl groups excluding tert-OH is 1. The molecule has 0 saturated heterocycles. The van der Waals surface area contributed by atoms with Crippen LogP contribution in [-0.4, -0.2) is 47.7 Å². The van der Waals surface area contributed by atoms with Crippen LogP contribution in [0.1, 0.15) is 40.1 Å². The highest BCUT2D eigenvalue weighted by Gasteiger charge is 2.20. The van der Waals surface area contributed by atoms with Gasteiger partial charge >= 0.3 is 0 Å². The molecule has 0 spiro atoms. The molecule has 2 amide bonds. The van der Waals surface area contributed by atoms with Crippen molar-refractivity contribution < 1.29 is 19.4 Å². The minimum absolute atomic E-state index is 0.117. The first kappa shape index (κ1) is 25.0. The maximum atomic E-state index is 13.4. The van der Waals surface area contributed by atoms with E-state index in [4.69, 9.17) is 4.74 Å².